The molecule has 1 aliphatic heterocycles. The molecule has 5 rings (SSSR count). The first-order chi connectivity index (χ1) is 14.3. The van der Waals surface area contributed by atoms with Crippen LogP contribution in [-0.2, 0) is 6.54 Å². The Kier molecular flexibility index (Phi) is 4.56. The van der Waals surface area contributed by atoms with Gasteiger partial charge in [0.1, 0.15) is 17.2 Å². The Morgan fingerprint density at radius 1 is 1.10 bits per heavy atom. The van der Waals surface area contributed by atoms with Crippen LogP contribution in [0.15, 0.2) is 67.5 Å². The lowest BCUT2D eigenvalue weighted by Crippen LogP contribution is -2.40. The zero-order chi connectivity index (χ0) is 19.6. The van der Waals surface area contributed by atoms with Crippen molar-refractivity contribution in [2.45, 2.75) is 25.3 Å². The number of hydrogen-bond acceptors (Lipinski definition) is 4. The highest BCUT2D eigenvalue weighted by Gasteiger charge is 2.29. The van der Waals surface area contributed by atoms with E-state index in [4.69, 9.17) is 0 Å². The van der Waals surface area contributed by atoms with Crippen molar-refractivity contribution in [1.29, 1.82) is 0 Å². The third-order valence-electron chi connectivity index (χ3n) is 5.51. The van der Waals surface area contributed by atoms with Crippen molar-refractivity contribution in [1.82, 2.24) is 28.8 Å². The number of rotatable bonds is 4. The summed E-state index contributed by atoms with van der Waals surface area (Å²) in [4.78, 5) is 28.2. The van der Waals surface area contributed by atoms with Crippen LogP contribution in [-0.4, -0.2) is 47.8 Å². The zero-order valence-corrected chi connectivity index (χ0v) is 16.1. The molecular weight excluding hydrogens is 364 g/mol. The van der Waals surface area contributed by atoms with Crippen LogP contribution in [0.2, 0.25) is 0 Å². The van der Waals surface area contributed by atoms with E-state index < -0.39 is 0 Å². The van der Waals surface area contributed by atoms with Crippen LogP contribution in [0.4, 0.5) is 0 Å². The highest BCUT2D eigenvalue weighted by molar-refractivity contribution is 5.93. The second kappa shape index (κ2) is 7.50. The van der Waals surface area contributed by atoms with Gasteiger partial charge in [0, 0.05) is 62.7 Å². The monoisotopic (exact) mass is 386 g/mol. The Balaban J connectivity index is 1.34. The Bertz CT molecular complexity index is 1100. The first kappa shape index (κ1) is 17.6. The maximum Gasteiger partial charge on any atom is 0.274 e. The molecule has 0 aliphatic carbocycles. The minimum Gasteiger partial charge on any atom is -0.337 e. The molecule has 0 bridgehead atoms. The molecule has 4 aromatic heterocycles. The molecule has 0 N–H and O–H groups in total. The molecule has 1 amide bonds. The molecule has 1 saturated heterocycles. The number of fused-ring (bicyclic) bond motifs is 1. The lowest BCUT2D eigenvalue weighted by molar-refractivity contribution is 0.0698. The van der Waals surface area contributed by atoms with Gasteiger partial charge in [-0.1, -0.05) is 6.07 Å². The summed E-state index contributed by atoms with van der Waals surface area (Å²) < 4.78 is 4.06. The average molecular weight is 386 g/mol. The second-order valence-corrected chi connectivity index (χ2v) is 7.45. The fourth-order valence-corrected chi connectivity index (χ4v) is 4.07. The molecule has 4 aromatic rings. The summed E-state index contributed by atoms with van der Waals surface area (Å²) in [5, 5.41) is 0. The molecular formula is C22H22N6O. The number of nitrogens with zero attached hydrogens (tertiary/aromatic N) is 6. The molecule has 5 heterocycles. The van der Waals surface area contributed by atoms with Crippen molar-refractivity contribution in [3.63, 3.8) is 0 Å². The molecule has 29 heavy (non-hydrogen) atoms. The standard InChI is InChI=1S/C22H22N6O/c29-22(19-16-26-11-2-1-5-20(26)25-19)28-12-3-4-18(15-28)21-24-10-13-27(21)14-17-6-8-23-9-7-17/h1-2,5-11,13,16,18H,3-4,12,14-15H2/t18-/m1/s1. The Labute approximate surface area is 168 Å². The highest BCUT2D eigenvalue weighted by Crippen LogP contribution is 2.27. The van der Waals surface area contributed by atoms with Crippen LogP contribution in [0.3, 0.4) is 0 Å². The van der Waals surface area contributed by atoms with E-state index >= 15 is 0 Å². The van der Waals surface area contributed by atoms with Gasteiger partial charge in [-0.25, -0.2) is 9.97 Å². The quantitative estimate of drug-likeness (QED) is 0.541. The van der Waals surface area contributed by atoms with Crippen LogP contribution in [0.25, 0.3) is 5.65 Å². The number of carbonyl (C=O) groups excluding carboxylic acids is 1. The molecule has 1 atom stereocenters. The molecule has 146 valence electrons. The fraction of sp³-hybridized carbons (Fsp3) is 0.273. The molecule has 0 radical (unpaired) electrons. The number of imidazole rings is 2. The Hall–Kier alpha value is -3.48. The molecule has 0 saturated carbocycles. The van der Waals surface area contributed by atoms with Crippen molar-refractivity contribution < 1.29 is 4.79 Å². The maximum absolute atomic E-state index is 13.1. The topological polar surface area (TPSA) is 68.3 Å². The van der Waals surface area contributed by atoms with Crippen molar-refractivity contribution in [3.8, 4) is 0 Å². The van der Waals surface area contributed by atoms with Gasteiger partial charge in [-0.3, -0.25) is 9.78 Å². The summed E-state index contributed by atoms with van der Waals surface area (Å²) in [5.41, 5.74) is 2.47. The largest absolute Gasteiger partial charge is 0.337 e. The van der Waals surface area contributed by atoms with Gasteiger partial charge in [-0.15, -0.1) is 0 Å². The predicted octanol–water partition coefficient (Wildman–Crippen LogP) is 2.99. The van der Waals surface area contributed by atoms with Crippen LogP contribution < -0.4 is 0 Å². The average Bonchev–Trinajstić information content (AvgIpc) is 3.41. The normalized spacial score (nSPS) is 17.0. The van der Waals surface area contributed by atoms with E-state index in [1.54, 1.807) is 0 Å². The summed E-state index contributed by atoms with van der Waals surface area (Å²) in [5.74, 6) is 1.25. The van der Waals surface area contributed by atoms with Crippen LogP contribution in [0, 0.1) is 0 Å². The number of hydrogen-bond donors (Lipinski definition) is 0. The van der Waals surface area contributed by atoms with E-state index in [0.717, 1.165) is 37.4 Å². The summed E-state index contributed by atoms with van der Waals surface area (Å²) in [6.45, 7) is 2.18. The second-order valence-electron chi connectivity index (χ2n) is 7.45. The number of carbonyl (C=O) groups is 1. The molecule has 0 spiro atoms. The summed E-state index contributed by atoms with van der Waals surface area (Å²) in [6, 6.07) is 9.80. The highest BCUT2D eigenvalue weighted by atomic mass is 16.2. The third kappa shape index (κ3) is 3.51. The van der Waals surface area contributed by atoms with E-state index in [9.17, 15) is 4.79 Å². The Morgan fingerprint density at radius 2 is 2.00 bits per heavy atom. The van der Waals surface area contributed by atoms with Crippen molar-refractivity contribution in [3.05, 3.63) is 84.6 Å². The van der Waals surface area contributed by atoms with Gasteiger partial charge in [0.25, 0.3) is 5.91 Å². The maximum atomic E-state index is 13.1. The van der Waals surface area contributed by atoms with Crippen molar-refractivity contribution in [2.75, 3.05) is 13.1 Å². The van der Waals surface area contributed by atoms with E-state index in [0.29, 0.717) is 12.2 Å². The van der Waals surface area contributed by atoms with Gasteiger partial charge in [-0.2, -0.15) is 0 Å². The number of amides is 1. The lowest BCUT2D eigenvalue weighted by atomic mass is 9.96. The zero-order valence-electron chi connectivity index (χ0n) is 16.1. The van der Waals surface area contributed by atoms with Gasteiger partial charge in [-0.05, 0) is 42.7 Å². The van der Waals surface area contributed by atoms with Gasteiger partial charge in [0.15, 0.2) is 0 Å². The first-order valence-corrected chi connectivity index (χ1v) is 9.91. The number of pyridine rings is 2. The number of piperidine rings is 1. The lowest BCUT2D eigenvalue weighted by Gasteiger charge is -2.32. The predicted molar refractivity (Wildman–Crippen MR) is 109 cm³/mol. The fourth-order valence-electron chi connectivity index (χ4n) is 4.07. The Morgan fingerprint density at radius 3 is 2.86 bits per heavy atom. The van der Waals surface area contributed by atoms with E-state index in [2.05, 4.69) is 19.5 Å². The number of likely N-dealkylation sites (tertiary alicyclic amines) is 1. The summed E-state index contributed by atoms with van der Waals surface area (Å²) in [7, 11) is 0. The van der Waals surface area contributed by atoms with Crippen LogP contribution in [0.1, 0.15) is 40.6 Å². The van der Waals surface area contributed by atoms with Gasteiger partial charge in [0.2, 0.25) is 0 Å². The van der Waals surface area contributed by atoms with Crippen molar-refractivity contribution in [2.24, 2.45) is 0 Å². The molecule has 0 unspecified atom stereocenters. The summed E-state index contributed by atoms with van der Waals surface area (Å²) in [6.07, 6.45) is 13.2. The van der Waals surface area contributed by atoms with E-state index in [1.807, 2.05) is 76.8 Å². The van der Waals surface area contributed by atoms with Crippen molar-refractivity contribution >= 4 is 11.6 Å². The van der Waals surface area contributed by atoms with E-state index in [-0.39, 0.29) is 11.8 Å². The smallest absolute Gasteiger partial charge is 0.274 e. The minimum absolute atomic E-state index is 0.00867. The molecule has 7 nitrogen and oxygen atoms in total. The molecule has 1 aliphatic rings. The van der Waals surface area contributed by atoms with Gasteiger partial charge >= 0.3 is 0 Å². The first-order valence-electron chi connectivity index (χ1n) is 9.91. The third-order valence-corrected chi connectivity index (χ3v) is 5.51. The number of aromatic nitrogens is 5. The molecule has 1 fully saturated rings. The SMILES string of the molecule is O=C(c1cn2ccccc2n1)N1CCC[C@@H](c2nccn2Cc2ccncc2)C1. The summed E-state index contributed by atoms with van der Waals surface area (Å²) >= 11 is 0. The van der Waals surface area contributed by atoms with Crippen LogP contribution >= 0.6 is 0 Å². The minimum atomic E-state index is -0.00867. The van der Waals surface area contributed by atoms with E-state index in [1.165, 1.54) is 5.56 Å². The van der Waals surface area contributed by atoms with Crippen LogP contribution in [0.5, 0.6) is 0 Å². The molecule has 0 aromatic carbocycles. The van der Waals surface area contributed by atoms with Gasteiger partial charge < -0.3 is 13.9 Å². The molecule has 7 heteroatoms. The van der Waals surface area contributed by atoms with Gasteiger partial charge in [0.05, 0.1) is 0 Å².